The average molecular weight is 193 g/mol. The van der Waals surface area contributed by atoms with E-state index in [1.165, 1.54) is 6.07 Å². The Labute approximate surface area is 81.7 Å². The van der Waals surface area contributed by atoms with Gasteiger partial charge in [-0.25, -0.2) is 4.79 Å². The second kappa shape index (κ2) is 4.36. The first kappa shape index (κ1) is 10.2. The molecular formula is C9H11N3O2. The molecule has 0 atom stereocenters. The highest BCUT2D eigenvalue weighted by molar-refractivity contribution is 5.85. The molecule has 0 aliphatic rings. The van der Waals surface area contributed by atoms with Crippen molar-refractivity contribution in [3.63, 3.8) is 0 Å². The highest BCUT2D eigenvalue weighted by Gasteiger charge is 2.06. The van der Waals surface area contributed by atoms with E-state index in [1.807, 2.05) is 11.9 Å². The van der Waals surface area contributed by atoms with Gasteiger partial charge in [0, 0.05) is 13.6 Å². The summed E-state index contributed by atoms with van der Waals surface area (Å²) >= 11 is 0. The molecule has 0 bridgehead atoms. The lowest BCUT2D eigenvalue weighted by atomic mass is 10.4. The molecule has 14 heavy (non-hydrogen) atoms. The summed E-state index contributed by atoms with van der Waals surface area (Å²) in [7, 11) is 1.83. The Morgan fingerprint density at radius 2 is 2.36 bits per heavy atom. The largest absolute Gasteiger partial charge is 0.476 e. The van der Waals surface area contributed by atoms with Crippen molar-refractivity contribution in [2.24, 2.45) is 0 Å². The highest BCUT2D eigenvalue weighted by Crippen LogP contribution is 2.06. The third-order valence-electron chi connectivity index (χ3n) is 1.66. The predicted octanol–water partition coefficient (Wildman–Crippen LogP) is 0.797. The molecule has 0 spiro atoms. The molecule has 1 rings (SSSR count). The number of likely N-dealkylation sites (N-methyl/N-ethyl adjacent to an activating group) is 1. The molecule has 0 aliphatic carbocycles. The van der Waals surface area contributed by atoms with Crippen LogP contribution in [0.5, 0.6) is 0 Å². The predicted molar refractivity (Wildman–Crippen MR) is 52.5 cm³/mol. The maximum atomic E-state index is 10.5. The standard InChI is InChI=1S/C9H11N3O2/c1-3-6-12(2)8-5-4-7(9(13)14)10-11-8/h3-5H,1,6H2,2H3,(H,13,14). The molecule has 0 aromatic carbocycles. The van der Waals surface area contributed by atoms with Crippen LogP contribution >= 0.6 is 0 Å². The number of nitrogens with zero attached hydrogens (tertiary/aromatic N) is 3. The van der Waals surface area contributed by atoms with Crippen molar-refractivity contribution in [2.45, 2.75) is 0 Å². The summed E-state index contributed by atoms with van der Waals surface area (Å²) in [5, 5.41) is 15.9. The van der Waals surface area contributed by atoms with Crippen LogP contribution in [0.2, 0.25) is 0 Å². The van der Waals surface area contributed by atoms with E-state index in [2.05, 4.69) is 16.8 Å². The highest BCUT2D eigenvalue weighted by atomic mass is 16.4. The molecule has 0 unspecified atom stereocenters. The van der Waals surface area contributed by atoms with Crippen LogP contribution in [0.4, 0.5) is 5.82 Å². The smallest absolute Gasteiger partial charge is 0.356 e. The van der Waals surface area contributed by atoms with E-state index >= 15 is 0 Å². The number of carboxylic acid groups (broad SMARTS) is 1. The van der Waals surface area contributed by atoms with Crippen LogP contribution in [0.15, 0.2) is 24.8 Å². The number of rotatable bonds is 4. The van der Waals surface area contributed by atoms with E-state index in [0.717, 1.165) is 0 Å². The van der Waals surface area contributed by atoms with Gasteiger partial charge in [-0.2, -0.15) is 0 Å². The summed E-state index contributed by atoms with van der Waals surface area (Å²) in [6.45, 7) is 4.23. The van der Waals surface area contributed by atoms with Gasteiger partial charge in [-0.1, -0.05) is 6.08 Å². The first-order valence-electron chi connectivity index (χ1n) is 4.04. The Hall–Kier alpha value is -1.91. The van der Waals surface area contributed by atoms with Crippen LogP contribution in [0.25, 0.3) is 0 Å². The number of anilines is 1. The lowest BCUT2D eigenvalue weighted by Gasteiger charge is -2.14. The van der Waals surface area contributed by atoms with Crippen molar-refractivity contribution >= 4 is 11.8 Å². The van der Waals surface area contributed by atoms with Gasteiger partial charge in [-0.15, -0.1) is 16.8 Å². The first-order valence-corrected chi connectivity index (χ1v) is 4.04. The Morgan fingerprint density at radius 1 is 1.64 bits per heavy atom. The van der Waals surface area contributed by atoms with Gasteiger partial charge in [-0.05, 0) is 12.1 Å². The van der Waals surface area contributed by atoms with E-state index in [-0.39, 0.29) is 5.69 Å². The summed E-state index contributed by atoms with van der Waals surface area (Å²) in [6, 6.07) is 3.03. The molecule has 0 fully saturated rings. The quantitative estimate of drug-likeness (QED) is 0.716. The molecule has 1 aromatic heterocycles. The minimum atomic E-state index is -1.07. The van der Waals surface area contributed by atoms with Gasteiger partial charge in [0.15, 0.2) is 11.5 Å². The van der Waals surface area contributed by atoms with E-state index in [1.54, 1.807) is 12.1 Å². The Balaban J connectivity index is 2.82. The maximum absolute atomic E-state index is 10.5. The Bertz CT molecular complexity index is 334. The SMILES string of the molecule is C=CCN(C)c1ccc(C(=O)O)nn1. The Morgan fingerprint density at radius 3 is 2.79 bits per heavy atom. The topological polar surface area (TPSA) is 66.3 Å². The zero-order chi connectivity index (χ0) is 10.6. The fraction of sp³-hybridized carbons (Fsp3) is 0.222. The van der Waals surface area contributed by atoms with E-state index in [4.69, 9.17) is 5.11 Å². The molecule has 0 amide bonds. The van der Waals surface area contributed by atoms with Crippen LogP contribution in [0.3, 0.4) is 0 Å². The van der Waals surface area contributed by atoms with Gasteiger partial charge in [0.25, 0.3) is 0 Å². The van der Waals surface area contributed by atoms with Gasteiger partial charge in [0.1, 0.15) is 0 Å². The third-order valence-corrected chi connectivity index (χ3v) is 1.66. The monoisotopic (exact) mass is 193 g/mol. The minimum absolute atomic E-state index is 0.0549. The molecular weight excluding hydrogens is 182 g/mol. The van der Waals surface area contributed by atoms with Crippen LogP contribution in [0, 0.1) is 0 Å². The van der Waals surface area contributed by atoms with Gasteiger partial charge in [0.05, 0.1) is 0 Å². The molecule has 1 aromatic rings. The zero-order valence-corrected chi connectivity index (χ0v) is 7.84. The van der Waals surface area contributed by atoms with Gasteiger partial charge < -0.3 is 10.0 Å². The number of hydrogen-bond donors (Lipinski definition) is 1. The van der Waals surface area contributed by atoms with E-state index in [9.17, 15) is 4.79 Å². The van der Waals surface area contributed by atoms with Crippen molar-refractivity contribution in [3.8, 4) is 0 Å². The molecule has 1 N–H and O–H groups in total. The third kappa shape index (κ3) is 2.29. The molecule has 74 valence electrons. The second-order valence-electron chi connectivity index (χ2n) is 2.75. The normalized spacial score (nSPS) is 9.50. The van der Waals surface area contributed by atoms with Crippen molar-refractivity contribution in [2.75, 3.05) is 18.5 Å². The second-order valence-corrected chi connectivity index (χ2v) is 2.75. The number of aromatic carboxylic acids is 1. The molecule has 0 saturated carbocycles. The molecule has 5 nitrogen and oxygen atoms in total. The van der Waals surface area contributed by atoms with Gasteiger partial charge in [0.2, 0.25) is 0 Å². The summed E-state index contributed by atoms with van der Waals surface area (Å²) in [5.74, 6) is -0.453. The van der Waals surface area contributed by atoms with Gasteiger partial charge in [-0.3, -0.25) is 0 Å². The molecule has 1 heterocycles. The lowest BCUT2D eigenvalue weighted by molar-refractivity contribution is 0.0689. The van der Waals surface area contributed by atoms with Crippen LogP contribution < -0.4 is 4.90 Å². The molecule has 0 saturated heterocycles. The average Bonchev–Trinajstić information content (AvgIpc) is 2.18. The number of aromatic nitrogens is 2. The summed E-state index contributed by atoms with van der Waals surface area (Å²) in [6.07, 6.45) is 1.73. The number of hydrogen-bond acceptors (Lipinski definition) is 4. The molecule has 0 radical (unpaired) electrons. The summed E-state index contributed by atoms with van der Waals surface area (Å²) in [4.78, 5) is 12.3. The zero-order valence-electron chi connectivity index (χ0n) is 7.84. The minimum Gasteiger partial charge on any atom is -0.476 e. The molecule has 0 aliphatic heterocycles. The maximum Gasteiger partial charge on any atom is 0.356 e. The fourth-order valence-electron chi connectivity index (χ4n) is 0.930. The van der Waals surface area contributed by atoms with E-state index < -0.39 is 5.97 Å². The van der Waals surface area contributed by atoms with Crippen molar-refractivity contribution in [1.29, 1.82) is 0 Å². The lowest BCUT2D eigenvalue weighted by Crippen LogP contribution is -2.18. The molecule has 5 heteroatoms. The van der Waals surface area contributed by atoms with Crippen molar-refractivity contribution in [3.05, 3.63) is 30.5 Å². The van der Waals surface area contributed by atoms with Gasteiger partial charge >= 0.3 is 5.97 Å². The summed E-state index contributed by atoms with van der Waals surface area (Å²) < 4.78 is 0. The van der Waals surface area contributed by atoms with Crippen LogP contribution in [-0.4, -0.2) is 34.9 Å². The van der Waals surface area contributed by atoms with E-state index in [0.29, 0.717) is 12.4 Å². The van der Waals surface area contributed by atoms with Crippen LogP contribution in [0.1, 0.15) is 10.5 Å². The van der Waals surface area contributed by atoms with Crippen molar-refractivity contribution < 1.29 is 9.90 Å². The van der Waals surface area contributed by atoms with Crippen LogP contribution in [-0.2, 0) is 0 Å². The number of carboxylic acids is 1. The summed E-state index contributed by atoms with van der Waals surface area (Å²) in [5.41, 5.74) is -0.0549. The number of carbonyl (C=O) groups is 1. The van der Waals surface area contributed by atoms with Crippen molar-refractivity contribution in [1.82, 2.24) is 10.2 Å². The fourth-order valence-corrected chi connectivity index (χ4v) is 0.930. The Kier molecular flexibility index (Phi) is 3.17. The first-order chi connectivity index (χ1) is 6.65.